The number of aromatic nitrogens is 2. The van der Waals surface area contributed by atoms with E-state index < -0.39 is 5.54 Å². The molecule has 0 unspecified atom stereocenters. The number of hydrogen-bond acceptors (Lipinski definition) is 6. The van der Waals surface area contributed by atoms with Gasteiger partial charge in [-0.1, -0.05) is 0 Å². The van der Waals surface area contributed by atoms with Crippen LogP contribution in [-0.2, 0) is 10.3 Å². The summed E-state index contributed by atoms with van der Waals surface area (Å²) in [4.78, 5) is 19.0. The van der Waals surface area contributed by atoms with E-state index in [0.29, 0.717) is 12.0 Å². The second-order valence-corrected chi connectivity index (χ2v) is 6.75. The lowest BCUT2D eigenvalue weighted by atomic mass is 9.91. The van der Waals surface area contributed by atoms with Crippen molar-refractivity contribution in [2.75, 3.05) is 7.05 Å². The quantitative estimate of drug-likeness (QED) is 0.824. The van der Waals surface area contributed by atoms with Crippen LogP contribution < -0.4 is 11.3 Å². The number of carbonyl (C=O) groups excluding carboxylic acids is 1. The molecule has 2 N–H and O–H groups in total. The zero-order chi connectivity index (χ0) is 16.8. The molecule has 1 aliphatic rings. The van der Waals surface area contributed by atoms with E-state index in [-0.39, 0.29) is 11.9 Å². The molecular weight excluding hydrogens is 309 g/mol. The smallest absolute Gasteiger partial charge is 0.231 e. The first kappa shape index (κ1) is 15.7. The maximum absolute atomic E-state index is 12.1. The summed E-state index contributed by atoms with van der Waals surface area (Å²) >= 11 is 1.55. The summed E-state index contributed by atoms with van der Waals surface area (Å²) in [6.45, 7) is 3.83. The third-order valence-electron chi connectivity index (χ3n) is 4.16. The van der Waals surface area contributed by atoms with Gasteiger partial charge in [0.2, 0.25) is 5.91 Å². The molecule has 23 heavy (non-hydrogen) atoms. The average Bonchev–Trinajstić information content (AvgIpc) is 2.98. The van der Waals surface area contributed by atoms with Crippen molar-refractivity contribution >= 4 is 36.6 Å². The first-order valence-electron chi connectivity index (χ1n) is 7.11. The van der Waals surface area contributed by atoms with E-state index in [1.54, 1.807) is 24.6 Å². The van der Waals surface area contributed by atoms with Crippen LogP contribution in [0.3, 0.4) is 0 Å². The molecule has 0 saturated carbocycles. The van der Waals surface area contributed by atoms with E-state index in [4.69, 9.17) is 13.6 Å². The van der Waals surface area contributed by atoms with Gasteiger partial charge in [-0.3, -0.25) is 9.69 Å². The van der Waals surface area contributed by atoms with Crippen LogP contribution in [0.4, 0.5) is 0 Å². The number of hydrogen-bond donors (Lipinski definition) is 1. The third kappa shape index (κ3) is 2.63. The molecule has 0 aromatic carbocycles. The highest BCUT2D eigenvalue weighted by Gasteiger charge is 2.37. The van der Waals surface area contributed by atoms with Crippen molar-refractivity contribution in [1.29, 1.82) is 0 Å². The Balaban J connectivity index is 2.02. The highest BCUT2D eigenvalue weighted by atomic mass is 32.1. The SMILES string of the molecule is [B]c1nncc(-c2csc([C@]3(C)CC(=O)N(C)C(N)=N3)c2)c1C. The van der Waals surface area contributed by atoms with Crippen molar-refractivity contribution < 1.29 is 4.79 Å². The minimum absolute atomic E-state index is 0.0408. The van der Waals surface area contributed by atoms with Gasteiger partial charge in [-0.25, -0.2) is 4.99 Å². The van der Waals surface area contributed by atoms with Gasteiger partial charge in [0.15, 0.2) is 5.96 Å². The molecule has 3 heterocycles. The summed E-state index contributed by atoms with van der Waals surface area (Å²) in [5.41, 5.74) is 8.45. The van der Waals surface area contributed by atoms with Crippen molar-refractivity contribution in [3.05, 3.63) is 28.1 Å². The minimum Gasteiger partial charge on any atom is -0.369 e. The fourth-order valence-electron chi connectivity index (χ4n) is 2.56. The van der Waals surface area contributed by atoms with Gasteiger partial charge >= 0.3 is 0 Å². The van der Waals surface area contributed by atoms with Crippen LogP contribution in [-0.4, -0.2) is 41.9 Å². The van der Waals surface area contributed by atoms with Crippen LogP contribution in [0.5, 0.6) is 0 Å². The molecular formula is C15H16BN5OS. The summed E-state index contributed by atoms with van der Waals surface area (Å²) in [6, 6.07) is 2.02. The normalized spacial score (nSPS) is 21.4. The van der Waals surface area contributed by atoms with Crippen molar-refractivity contribution in [3.63, 3.8) is 0 Å². The summed E-state index contributed by atoms with van der Waals surface area (Å²) in [5.74, 6) is 0.200. The zero-order valence-corrected chi connectivity index (χ0v) is 14.0. The minimum atomic E-state index is -0.642. The highest BCUT2D eigenvalue weighted by Crippen LogP contribution is 2.39. The third-order valence-corrected chi connectivity index (χ3v) is 5.34. The van der Waals surface area contributed by atoms with E-state index in [0.717, 1.165) is 21.6 Å². The van der Waals surface area contributed by atoms with Gasteiger partial charge in [-0.15, -0.1) is 11.3 Å². The summed E-state index contributed by atoms with van der Waals surface area (Å²) in [5, 5.41) is 9.77. The van der Waals surface area contributed by atoms with Crippen molar-refractivity contribution in [3.8, 4) is 11.1 Å². The van der Waals surface area contributed by atoms with Crippen molar-refractivity contribution in [2.24, 2.45) is 10.7 Å². The zero-order valence-electron chi connectivity index (χ0n) is 13.2. The molecule has 0 bridgehead atoms. The molecule has 2 aromatic heterocycles. The average molecular weight is 325 g/mol. The predicted octanol–water partition coefficient (Wildman–Crippen LogP) is 0.699. The fraction of sp³-hybridized carbons (Fsp3) is 0.333. The molecule has 2 radical (unpaired) electrons. The molecule has 1 atom stereocenters. The van der Waals surface area contributed by atoms with Gasteiger partial charge in [-0.2, -0.15) is 10.2 Å². The van der Waals surface area contributed by atoms with E-state index in [1.807, 2.05) is 25.3 Å². The van der Waals surface area contributed by atoms with E-state index in [9.17, 15) is 4.79 Å². The number of guanidine groups is 1. The number of thiophene rings is 1. The predicted molar refractivity (Wildman–Crippen MR) is 91.8 cm³/mol. The molecule has 0 spiro atoms. The molecule has 3 rings (SSSR count). The van der Waals surface area contributed by atoms with E-state index >= 15 is 0 Å². The van der Waals surface area contributed by atoms with Crippen molar-refractivity contribution in [1.82, 2.24) is 15.1 Å². The Morgan fingerprint density at radius 2 is 2.22 bits per heavy atom. The lowest BCUT2D eigenvalue weighted by Gasteiger charge is -2.32. The van der Waals surface area contributed by atoms with Crippen LogP contribution in [0.1, 0.15) is 23.8 Å². The number of nitrogens with zero attached hydrogens (tertiary/aromatic N) is 4. The first-order chi connectivity index (χ1) is 10.8. The molecule has 1 aliphatic heterocycles. The van der Waals surface area contributed by atoms with Gasteiger partial charge in [0.1, 0.15) is 13.4 Å². The van der Waals surface area contributed by atoms with Crippen molar-refractivity contribution in [2.45, 2.75) is 25.8 Å². The number of aliphatic imine (C=N–C) groups is 1. The van der Waals surface area contributed by atoms with Crippen LogP contribution in [0.2, 0.25) is 0 Å². The Morgan fingerprint density at radius 3 is 2.91 bits per heavy atom. The maximum Gasteiger partial charge on any atom is 0.231 e. The molecule has 0 fully saturated rings. The topological polar surface area (TPSA) is 84.5 Å². The molecule has 8 heteroatoms. The lowest BCUT2D eigenvalue weighted by Crippen LogP contribution is -2.47. The van der Waals surface area contributed by atoms with Gasteiger partial charge in [0.25, 0.3) is 0 Å². The second kappa shape index (κ2) is 5.45. The highest BCUT2D eigenvalue weighted by molar-refractivity contribution is 7.10. The number of nitrogens with two attached hydrogens (primary N) is 1. The maximum atomic E-state index is 12.1. The van der Waals surface area contributed by atoms with Crippen LogP contribution in [0, 0.1) is 6.92 Å². The Labute approximate surface area is 139 Å². The Hall–Kier alpha value is -2.22. The molecule has 1 amide bonds. The number of amides is 1. The number of carbonyl (C=O) groups is 1. The molecule has 2 aromatic rings. The Kier molecular flexibility index (Phi) is 3.71. The summed E-state index contributed by atoms with van der Waals surface area (Å²) < 4.78 is 0. The molecule has 0 saturated heterocycles. The largest absolute Gasteiger partial charge is 0.369 e. The lowest BCUT2D eigenvalue weighted by molar-refractivity contribution is -0.128. The summed E-state index contributed by atoms with van der Waals surface area (Å²) in [6.07, 6.45) is 1.98. The first-order valence-corrected chi connectivity index (χ1v) is 7.99. The summed E-state index contributed by atoms with van der Waals surface area (Å²) in [7, 11) is 7.46. The molecule has 0 aliphatic carbocycles. The van der Waals surface area contributed by atoms with Gasteiger partial charge in [0, 0.05) is 23.1 Å². The van der Waals surface area contributed by atoms with E-state index in [2.05, 4.69) is 15.2 Å². The van der Waals surface area contributed by atoms with Crippen LogP contribution >= 0.6 is 11.3 Å². The van der Waals surface area contributed by atoms with Gasteiger partial charge < -0.3 is 5.73 Å². The van der Waals surface area contributed by atoms with Crippen LogP contribution in [0.25, 0.3) is 11.1 Å². The standard InChI is InChI=1S/C15H16BN5OS/c1-8-10(6-18-20-13(8)16)9-4-11(23-7-9)15(2)5-12(22)21(3)14(17)19-15/h4,6-7H,5H2,1-3H3,(H2,17,19)/t15-/m0/s1. The molecule has 116 valence electrons. The number of rotatable bonds is 2. The van der Waals surface area contributed by atoms with Crippen LogP contribution in [0.15, 0.2) is 22.6 Å². The Morgan fingerprint density at radius 1 is 1.48 bits per heavy atom. The second-order valence-electron chi connectivity index (χ2n) is 5.84. The molecule has 6 nitrogen and oxygen atoms in total. The fourth-order valence-corrected chi connectivity index (χ4v) is 3.58. The van der Waals surface area contributed by atoms with Gasteiger partial charge in [0.05, 0.1) is 12.6 Å². The van der Waals surface area contributed by atoms with Gasteiger partial charge in [-0.05, 0) is 36.4 Å². The van der Waals surface area contributed by atoms with E-state index in [1.165, 1.54) is 4.90 Å². The Bertz CT molecular complexity index is 818. The monoisotopic (exact) mass is 325 g/mol.